The van der Waals surface area contributed by atoms with Crippen LogP contribution in [0.4, 0.5) is 0 Å². The Hall–Kier alpha value is -8.14. The molecule has 12 aromatic rings. The summed E-state index contributed by atoms with van der Waals surface area (Å²) in [6, 6.07) is 63.0. The van der Waals surface area contributed by atoms with Gasteiger partial charge in [-0.1, -0.05) is 164 Å². The van der Waals surface area contributed by atoms with Crippen LogP contribution in [0.15, 0.2) is 211 Å². The van der Waals surface area contributed by atoms with Crippen molar-refractivity contribution in [2.75, 3.05) is 0 Å². The molecule has 0 saturated heterocycles. The summed E-state index contributed by atoms with van der Waals surface area (Å²) in [5.41, 5.74) is 11.3. The second kappa shape index (κ2) is 14.0. The molecule has 0 spiro atoms. The number of nitrogens with zero attached hydrogens (tertiary/aromatic N) is 2. The first kappa shape index (κ1) is 34.9. The zero-order chi connectivity index (χ0) is 40.4. The number of furan rings is 1. The quantitative estimate of drug-likeness (QED) is 0.0959. The van der Waals surface area contributed by atoms with E-state index in [0.717, 1.165) is 93.7 Å². The molecule has 0 aliphatic rings. The maximum Gasteiger partial charge on any atom is 0.144 e. The van der Waals surface area contributed by atoms with Crippen molar-refractivity contribution < 1.29 is 4.42 Å². The number of para-hydroxylation sites is 1. The van der Waals surface area contributed by atoms with E-state index < -0.39 is 0 Å². The standard InChI is InChI=1S/C58H36N2O/c1-2-3-4-8-18-51-49-34-43-32-40(24-25-41(43)33-50(49)55-44-16-10-9-13-38(44)27-31-52(55)59-51)36-20-22-37(23-21-36)42-26-28-47-53(35-42)60-57(39-14-6-5-7-15-39)48-30-29-46-45-17-11-12-19-54(45)61-58(46)56(47)48/h2-35H,1H2/b4-3-,18-8+. The van der Waals surface area contributed by atoms with Gasteiger partial charge in [0.15, 0.2) is 0 Å². The van der Waals surface area contributed by atoms with Crippen molar-refractivity contribution in [2.24, 2.45) is 0 Å². The van der Waals surface area contributed by atoms with Crippen molar-refractivity contribution >= 4 is 92.9 Å². The second-order valence-corrected chi connectivity index (χ2v) is 15.7. The number of hydrogen-bond acceptors (Lipinski definition) is 3. The number of aromatic nitrogens is 2. The largest absolute Gasteiger partial charge is 0.455 e. The molecule has 0 saturated carbocycles. The fourth-order valence-corrected chi connectivity index (χ4v) is 9.26. The normalized spacial score (nSPS) is 12.2. The first-order chi connectivity index (χ1) is 30.2. The van der Waals surface area contributed by atoms with Crippen molar-refractivity contribution in [3.8, 4) is 33.5 Å². The molecule has 0 bridgehead atoms. The molecule has 0 unspecified atom stereocenters. The molecule has 0 aliphatic carbocycles. The van der Waals surface area contributed by atoms with Gasteiger partial charge in [-0.25, -0.2) is 9.97 Å². The lowest BCUT2D eigenvalue weighted by Gasteiger charge is -2.13. The van der Waals surface area contributed by atoms with Crippen molar-refractivity contribution in [2.45, 2.75) is 0 Å². The summed E-state index contributed by atoms with van der Waals surface area (Å²) in [4.78, 5) is 10.5. The Morgan fingerprint density at radius 2 is 1.08 bits per heavy atom. The molecule has 9 aromatic carbocycles. The Bertz CT molecular complexity index is 3820. The third-order valence-electron chi connectivity index (χ3n) is 12.2. The van der Waals surface area contributed by atoms with E-state index in [4.69, 9.17) is 14.4 Å². The Kier molecular flexibility index (Phi) is 8.01. The zero-order valence-corrected chi connectivity index (χ0v) is 33.1. The third-order valence-corrected chi connectivity index (χ3v) is 12.2. The van der Waals surface area contributed by atoms with E-state index in [1.54, 1.807) is 6.08 Å². The van der Waals surface area contributed by atoms with E-state index >= 15 is 0 Å². The van der Waals surface area contributed by atoms with Crippen LogP contribution in [0.25, 0.3) is 126 Å². The Morgan fingerprint density at radius 3 is 1.93 bits per heavy atom. The van der Waals surface area contributed by atoms with Crippen molar-refractivity contribution in [3.63, 3.8) is 0 Å². The van der Waals surface area contributed by atoms with Crippen LogP contribution in [-0.4, -0.2) is 9.97 Å². The molecule has 0 aliphatic heterocycles. The van der Waals surface area contributed by atoms with Crippen LogP contribution in [0.1, 0.15) is 5.69 Å². The summed E-state index contributed by atoms with van der Waals surface area (Å²) in [7, 11) is 0. The minimum atomic E-state index is 0.890. The molecule has 0 radical (unpaired) electrons. The van der Waals surface area contributed by atoms with Gasteiger partial charge in [0.25, 0.3) is 0 Å². The number of fused-ring (bicyclic) bond motifs is 13. The molecule has 0 fully saturated rings. The van der Waals surface area contributed by atoms with Crippen LogP contribution in [-0.2, 0) is 0 Å². The average Bonchev–Trinajstić information content (AvgIpc) is 3.71. The summed E-state index contributed by atoms with van der Waals surface area (Å²) in [5.74, 6) is 0. The van der Waals surface area contributed by atoms with Gasteiger partial charge in [-0.3, -0.25) is 0 Å². The Balaban J connectivity index is 0.963. The Labute approximate surface area is 351 Å². The first-order valence-electron chi connectivity index (χ1n) is 20.7. The molecule has 61 heavy (non-hydrogen) atoms. The predicted octanol–water partition coefficient (Wildman–Crippen LogP) is 16.1. The highest BCUT2D eigenvalue weighted by atomic mass is 16.3. The molecule has 0 atom stereocenters. The summed E-state index contributed by atoms with van der Waals surface area (Å²) >= 11 is 0. The van der Waals surface area contributed by atoms with Crippen LogP contribution in [0.3, 0.4) is 0 Å². The van der Waals surface area contributed by atoms with E-state index in [9.17, 15) is 0 Å². The smallest absolute Gasteiger partial charge is 0.144 e. The molecule has 12 rings (SSSR count). The lowest BCUT2D eigenvalue weighted by molar-refractivity contribution is 0.673. The SMILES string of the molecule is C=C/C=C\C=C\c1nc2ccc3ccccc3c2c2cc3ccc(-c4ccc(-c5ccc6c(c5)nc(-c5ccccc5)c5ccc7c8ccccc8oc7c56)cc4)cc3cc12. The molecular weight excluding hydrogens is 741 g/mol. The molecule has 0 amide bonds. The summed E-state index contributed by atoms with van der Waals surface area (Å²) in [6.07, 6.45) is 9.84. The first-order valence-corrected chi connectivity index (χ1v) is 20.7. The minimum absolute atomic E-state index is 0.890. The van der Waals surface area contributed by atoms with Gasteiger partial charge in [0.2, 0.25) is 0 Å². The van der Waals surface area contributed by atoms with Crippen molar-refractivity contribution in [1.29, 1.82) is 0 Å². The number of allylic oxidation sites excluding steroid dienone is 4. The van der Waals surface area contributed by atoms with Crippen LogP contribution in [0.5, 0.6) is 0 Å². The molecule has 284 valence electrons. The van der Waals surface area contributed by atoms with E-state index in [1.807, 2.05) is 36.4 Å². The molecule has 0 N–H and O–H groups in total. The second-order valence-electron chi connectivity index (χ2n) is 15.7. The number of hydrogen-bond donors (Lipinski definition) is 0. The summed E-state index contributed by atoms with van der Waals surface area (Å²) in [5, 5.41) is 13.8. The van der Waals surface area contributed by atoms with Gasteiger partial charge >= 0.3 is 0 Å². The predicted molar refractivity (Wildman–Crippen MR) is 259 cm³/mol. The summed E-state index contributed by atoms with van der Waals surface area (Å²) in [6.45, 7) is 3.82. The van der Waals surface area contributed by atoms with E-state index in [0.29, 0.717) is 0 Å². The fraction of sp³-hybridized carbons (Fsp3) is 0. The van der Waals surface area contributed by atoms with Gasteiger partial charge in [-0.15, -0.1) is 0 Å². The van der Waals surface area contributed by atoms with E-state index in [2.05, 4.69) is 170 Å². The van der Waals surface area contributed by atoms with Crippen LogP contribution in [0.2, 0.25) is 0 Å². The molecular formula is C58H36N2O. The molecule has 3 aromatic heterocycles. The summed E-state index contributed by atoms with van der Waals surface area (Å²) < 4.78 is 6.61. The highest BCUT2D eigenvalue weighted by Gasteiger charge is 2.18. The van der Waals surface area contributed by atoms with Gasteiger partial charge in [0, 0.05) is 43.3 Å². The number of benzene rings is 9. The third kappa shape index (κ3) is 5.74. The van der Waals surface area contributed by atoms with Gasteiger partial charge in [0.05, 0.1) is 22.4 Å². The van der Waals surface area contributed by atoms with Crippen molar-refractivity contribution in [3.05, 3.63) is 213 Å². The monoisotopic (exact) mass is 776 g/mol. The molecule has 3 nitrogen and oxygen atoms in total. The van der Waals surface area contributed by atoms with Crippen LogP contribution in [0, 0.1) is 0 Å². The highest BCUT2D eigenvalue weighted by molar-refractivity contribution is 6.25. The Morgan fingerprint density at radius 1 is 0.393 bits per heavy atom. The lowest BCUT2D eigenvalue weighted by atomic mass is 9.93. The average molecular weight is 777 g/mol. The van der Waals surface area contributed by atoms with Gasteiger partial charge in [-0.05, 0) is 97.7 Å². The fourth-order valence-electron chi connectivity index (χ4n) is 9.26. The maximum atomic E-state index is 6.61. The lowest BCUT2D eigenvalue weighted by Crippen LogP contribution is -1.91. The van der Waals surface area contributed by atoms with Crippen LogP contribution < -0.4 is 0 Å². The molecule has 3 heteroatoms. The van der Waals surface area contributed by atoms with Gasteiger partial charge < -0.3 is 4.42 Å². The van der Waals surface area contributed by atoms with Crippen LogP contribution >= 0.6 is 0 Å². The van der Waals surface area contributed by atoms with E-state index in [1.165, 1.54) is 32.3 Å². The number of rotatable bonds is 6. The van der Waals surface area contributed by atoms with E-state index in [-0.39, 0.29) is 0 Å². The zero-order valence-electron chi connectivity index (χ0n) is 33.1. The topological polar surface area (TPSA) is 38.9 Å². The minimum Gasteiger partial charge on any atom is -0.455 e. The highest BCUT2D eigenvalue weighted by Crippen LogP contribution is 2.42. The van der Waals surface area contributed by atoms with Gasteiger partial charge in [-0.2, -0.15) is 0 Å². The number of pyridine rings is 2. The van der Waals surface area contributed by atoms with Crippen molar-refractivity contribution in [1.82, 2.24) is 9.97 Å². The molecule has 3 heterocycles. The maximum absolute atomic E-state index is 6.61. The van der Waals surface area contributed by atoms with Gasteiger partial charge in [0.1, 0.15) is 11.2 Å².